The highest BCUT2D eigenvalue weighted by atomic mass is 16.4. The van der Waals surface area contributed by atoms with Crippen molar-refractivity contribution in [3.8, 4) is 0 Å². The number of nitrogens with zero attached hydrogens (tertiary/aromatic N) is 1. The van der Waals surface area contributed by atoms with E-state index in [-0.39, 0.29) is 18.9 Å². The maximum atomic E-state index is 11.5. The Kier molecular flexibility index (Phi) is 11.1. The van der Waals surface area contributed by atoms with Gasteiger partial charge in [-0.3, -0.25) is 9.59 Å². The maximum Gasteiger partial charge on any atom is 0.305 e. The molecule has 0 aliphatic heterocycles. The van der Waals surface area contributed by atoms with Gasteiger partial charge in [0.1, 0.15) is 0 Å². The minimum absolute atomic E-state index is 0.0458. The molecule has 0 fully saturated rings. The molecule has 0 spiro atoms. The monoisotopic (exact) mass is 274 g/mol. The van der Waals surface area contributed by atoms with Crippen LogP contribution in [0.1, 0.15) is 25.7 Å². The van der Waals surface area contributed by atoms with Crippen molar-refractivity contribution in [2.24, 2.45) is 11.5 Å². The van der Waals surface area contributed by atoms with E-state index in [1.54, 1.807) is 0 Å². The topological polar surface area (TPSA) is 122 Å². The second-order valence-electron chi connectivity index (χ2n) is 4.37. The van der Waals surface area contributed by atoms with E-state index in [9.17, 15) is 9.59 Å². The molecule has 7 heteroatoms. The van der Waals surface area contributed by atoms with E-state index >= 15 is 0 Å². The first-order valence-corrected chi connectivity index (χ1v) is 6.71. The molecule has 6 N–H and O–H groups in total. The summed E-state index contributed by atoms with van der Waals surface area (Å²) in [4.78, 5) is 24.0. The van der Waals surface area contributed by atoms with Gasteiger partial charge in [-0.2, -0.15) is 0 Å². The Morgan fingerprint density at radius 1 is 1.00 bits per heavy atom. The molecule has 0 bridgehead atoms. The molecule has 19 heavy (non-hydrogen) atoms. The Morgan fingerprint density at radius 2 is 1.58 bits per heavy atom. The normalized spacial score (nSPS) is 10.7. The van der Waals surface area contributed by atoms with Gasteiger partial charge >= 0.3 is 5.97 Å². The highest BCUT2D eigenvalue weighted by Gasteiger charge is 2.08. The van der Waals surface area contributed by atoms with Crippen LogP contribution < -0.4 is 16.8 Å². The van der Waals surface area contributed by atoms with Crippen LogP contribution in [0.2, 0.25) is 0 Å². The van der Waals surface area contributed by atoms with Gasteiger partial charge in [0, 0.05) is 19.5 Å². The Labute approximate surface area is 114 Å². The number of aliphatic carboxylic acids is 1. The van der Waals surface area contributed by atoms with Crippen LogP contribution in [0.5, 0.6) is 0 Å². The minimum Gasteiger partial charge on any atom is -0.481 e. The molecule has 0 aliphatic rings. The molecule has 1 amide bonds. The fraction of sp³-hybridized carbons (Fsp3) is 0.833. The Balaban J connectivity index is 3.80. The van der Waals surface area contributed by atoms with Crippen LogP contribution in [-0.2, 0) is 9.59 Å². The van der Waals surface area contributed by atoms with Crippen LogP contribution in [-0.4, -0.2) is 61.2 Å². The molecule has 7 nitrogen and oxygen atoms in total. The first kappa shape index (κ1) is 17.8. The largest absolute Gasteiger partial charge is 0.481 e. The molecule has 112 valence electrons. The number of hydrogen-bond donors (Lipinski definition) is 4. The average Bonchev–Trinajstić information content (AvgIpc) is 2.37. The third-order valence-electron chi connectivity index (χ3n) is 2.67. The summed E-state index contributed by atoms with van der Waals surface area (Å²) in [5.74, 6) is -1.03. The smallest absolute Gasteiger partial charge is 0.305 e. The van der Waals surface area contributed by atoms with Crippen LogP contribution >= 0.6 is 0 Å². The van der Waals surface area contributed by atoms with Crippen molar-refractivity contribution in [3.63, 3.8) is 0 Å². The molecule has 0 aromatic heterocycles. The number of rotatable bonds is 12. The van der Waals surface area contributed by atoms with Crippen molar-refractivity contribution in [2.75, 3.05) is 39.3 Å². The lowest BCUT2D eigenvalue weighted by atomic mass is 10.3. The van der Waals surface area contributed by atoms with Crippen LogP contribution in [0.15, 0.2) is 0 Å². The molecule has 0 aromatic rings. The van der Waals surface area contributed by atoms with E-state index in [4.69, 9.17) is 16.6 Å². The van der Waals surface area contributed by atoms with Crippen molar-refractivity contribution in [1.82, 2.24) is 10.2 Å². The number of amides is 1. The minimum atomic E-state index is -0.909. The number of carbonyl (C=O) groups excluding carboxylic acids is 1. The van der Waals surface area contributed by atoms with Crippen molar-refractivity contribution < 1.29 is 14.7 Å². The van der Waals surface area contributed by atoms with Gasteiger partial charge in [0.2, 0.25) is 5.91 Å². The summed E-state index contributed by atoms with van der Waals surface area (Å²) in [6, 6.07) is 0. The van der Waals surface area contributed by atoms with Gasteiger partial charge in [0.25, 0.3) is 0 Å². The van der Waals surface area contributed by atoms with E-state index in [2.05, 4.69) is 10.2 Å². The van der Waals surface area contributed by atoms with Crippen molar-refractivity contribution in [1.29, 1.82) is 0 Å². The molecular formula is C12H26N4O3. The fourth-order valence-electron chi connectivity index (χ4n) is 1.62. The summed E-state index contributed by atoms with van der Waals surface area (Å²) in [6.45, 7) is 3.81. The molecule has 0 rings (SSSR count). The molecule has 0 radical (unpaired) electrons. The van der Waals surface area contributed by atoms with E-state index in [1.165, 1.54) is 0 Å². The molecule has 0 aromatic carbocycles. The average molecular weight is 274 g/mol. The molecular weight excluding hydrogens is 248 g/mol. The first-order valence-electron chi connectivity index (χ1n) is 6.71. The first-order chi connectivity index (χ1) is 9.10. The molecule has 0 atom stereocenters. The van der Waals surface area contributed by atoms with E-state index in [0.717, 1.165) is 25.9 Å². The van der Waals surface area contributed by atoms with Gasteiger partial charge in [-0.25, -0.2) is 0 Å². The molecule has 0 saturated heterocycles. The lowest BCUT2D eigenvalue weighted by Gasteiger charge is -2.21. The summed E-state index contributed by atoms with van der Waals surface area (Å²) in [5.41, 5.74) is 10.9. The van der Waals surface area contributed by atoms with Crippen LogP contribution in [0.4, 0.5) is 0 Å². The summed E-state index contributed by atoms with van der Waals surface area (Å²) < 4.78 is 0. The lowest BCUT2D eigenvalue weighted by molar-refractivity contribution is -0.136. The zero-order valence-corrected chi connectivity index (χ0v) is 11.4. The second kappa shape index (κ2) is 11.9. The lowest BCUT2D eigenvalue weighted by Crippen LogP contribution is -2.34. The number of nitrogens with one attached hydrogen (secondary N) is 1. The van der Waals surface area contributed by atoms with Gasteiger partial charge in [0.05, 0.1) is 6.42 Å². The predicted octanol–water partition coefficient (Wildman–Crippen LogP) is -1.03. The number of carboxylic acids is 1. The van der Waals surface area contributed by atoms with Crippen LogP contribution in [0.3, 0.4) is 0 Å². The Hall–Kier alpha value is -1.18. The SMILES string of the molecule is NCCCN(CCCN)CCC(=O)NCCC(=O)O. The molecule has 0 aliphatic carbocycles. The van der Waals surface area contributed by atoms with Gasteiger partial charge in [-0.1, -0.05) is 0 Å². The van der Waals surface area contributed by atoms with Crippen molar-refractivity contribution >= 4 is 11.9 Å². The summed E-state index contributed by atoms with van der Waals surface area (Å²) >= 11 is 0. The van der Waals surface area contributed by atoms with Gasteiger partial charge < -0.3 is 26.8 Å². The highest BCUT2D eigenvalue weighted by Crippen LogP contribution is 1.96. The standard InChI is InChI=1S/C12H26N4O3/c13-5-1-8-16(9-2-6-14)10-4-11(17)15-7-3-12(18)19/h1-10,13-14H2,(H,15,17)(H,18,19). The number of hydrogen-bond acceptors (Lipinski definition) is 5. The Morgan fingerprint density at radius 3 is 2.05 bits per heavy atom. The maximum absolute atomic E-state index is 11.5. The third-order valence-corrected chi connectivity index (χ3v) is 2.67. The zero-order chi connectivity index (χ0) is 14.5. The summed E-state index contributed by atoms with van der Waals surface area (Å²) in [5, 5.41) is 11.0. The zero-order valence-electron chi connectivity index (χ0n) is 11.4. The number of nitrogens with two attached hydrogens (primary N) is 2. The molecule has 0 heterocycles. The predicted molar refractivity (Wildman–Crippen MR) is 73.7 cm³/mol. The highest BCUT2D eigenvalue weighted by molar-refractivity contribution is 5.76. The quantitative estimate of drug-likeness (QED) is 0.361. The summed E-state index contributed by atoms with van der Waals surface area (Å²) in [6.07, 6.45) is 2.11. The van der Waals surface area contributed by atoms with E-state index in [0.29, 0.717) is 26.1 Å². The van der Waals surface area contributed by atoms with Crippen molar-refractivity contribution in [3.05, 3.63) is 0 Å². The van der Waals surface area contributed by atoms with Crippen LogP contribution in [0.25, 0.3) is 0 Å². The van der Waals surface area contributed by atoms with Crippen molar-refractivity contribution in [2.45, 2.75) is 25.7 Å². The van der Waals surface area contributed by atoms with Gasteiger partial charge in [-0.15, -0.1) is 0 Å². The summed E-state index contributed by atoms with van der Waals surface area (Å²) in [7, 11) is 0. The molecule has 0 saturated carbocycles. The van der Waals surface area contributed by atoms with Gasteiger partial charge in [-0.05, 0) is 39.0 Å². The van der Waals surface area contributed by atoms with E-state index < -0.39 is 5.97 Å². The third kappa shape index (κ3) is 11.6. The van der Waals surface area contributed by atoms with E-state index in [1.807, 2.05) is 0 Å². The number of carboxylic acid groups (broad SMARTS) is 1. The molecule has 0 unspecified atom stereocenters. The van der Waals surface area contributed by atoms with Crippen LogP contribution in [0, 0.1) is 0 Å². The Bertz CT molecular complexity index is 253. The fourth-order valence-corrected chi connectivity index (χ4v) is 1.62. The number of carbonyl (C=O) groups is 2. The second-order valence-corrected chi connectivity index (χ2v) is 4.37. The van der Waals surface area contributed by atoms with Gasteiger partial charge in [0.15, 0.2) is 0 Å².